The lowest BCUT2D eigenvalue weighted by Crippen LogP contribution is -2.21. The Morgan fingerprint density at radius 2 is 2.50 bits per heavy atom. The molecule has 0 bridgehead atoms. The van der Waals surface area contributed by atoms with E-state index in [0.717, 1.165) is 25.1 Å². The van der Waals surface area contributed by atoms with Crippen LogP contribution in [-0.4, -0.2) is 29.1 Å². The first kappa shape index (κ1) is 10.9. The molecule has 1 fully saturated rings. The zero-order valence-electron chi connectivity index (χ0n) is 9.39. The maximum absolute atomic E-state index is 10.6. The van der Waals surface area contributed by atoms with Crippen LogP contribution < -0.4 is 4.90 Å². The molecule has 1 aromatic rings. The van der Waals surface area contributed by atoms with Crippen molar-refractivity contribution in [3.8, 4) is 0 Å². The number of carboxylic acid groups (broad SMARTS) is 1. The van der Waals surface area contributed by atoms with Gasteiger partial charge in [-0.15, -0.1) is 0 Å². The molecule has 0 amide bonds. The Kier molecular flexibility index (Phi) is 3.08. The zero-order valence-corrected chi connectivity index (χ0v) is 9.39. The van der Waals surface area contributed by atoms with Crippen LogP contribution >= 0.6 is 0 Å². The Morgan fingerprint density at radius 3 is 3.19 bits per heavy atom. The van der Waals surface area contributed by atoms with Gasteiger partial charge < -0.3 is 10.0 Å². The van der Waals surface area contributed by atoms with Crippen LogP contribution in [-0.2, 0) is 4.79 Å². The molecule has 1 unspecified atom stereocenters. The average Bonchev–Trinajstić information content (AvgIpc) is 2.66. The number of hydrogen-bond acceptors (Lipinski definition) is 3. The van der Waals surface area contributed by atoms with E-state index in [1.807, 2.05) is 19.2 Å². The molecule has 0 saturated carbocycles. The van der Waals surface area contributed by atoms with E-state index < -0.39 is 5.97 Å². The largest absolute Gasteiger partial charge is 0.481 e. The summed E-state index contributed by atoms with van der Waals surface area (Å²) in [5, 5.41) is 8.76. The predicted octanol–water partition coefficient (Wildman–Crippen LogP) is 1.69. The van der Waals surface area contributed by atoms with Gasteiger partial charge in [0, 0.05) is 37.6 Å². The van der Waals surface area contributed by atoms with Crippen LogP contribution in [0.4, 0.5) is 5.69 Å². The molecular weight excluding hydrogens is 204 g/mol. The first-order valence-electron chi connectivity index (χ1n) is 5.54. The summed E-state index contributed by atoms with van der Waals surface area (Å²) in [6.07, 6.45) is 4.88. The number of aryl methyl sites for hydroxylation is 1. The molecule has 4 heteroatoms. The van der Waals surface area contributed by atoms with Crippen LogP contribution in [0, 0.1) is 12.8 Å². The van der Waals surface area contributed by atoms with E-state index in [2.05, 4.69) is 9.88 Å². The number of aliphatic carboxylic acids is 1. The normalized spacial score (nSPS) is 20.1. The number of carboxylic acids is 1. The third kappa shape index (κ3) is 2.32. The van der Waals surface area contributed by atoms with E-state index in [1.54, 1.807) is 6.20 Å². The first-order chi connectivity index (χ1) is 7.66. The molecule has 0 spiro atoms. The van der Waals surface area contributed by atoms with Gasteiger partial charge in [-0.1, -0.05) is 0 Å². The molecule has 1 atom stereocenters. The van der Waals surface area contributed by atoms with E-state index in [9.17, 15) is 4.79 Å². The van der Waals surface area contributed by atoms with E-state index >= 15 is 0 Å². The molecule has 1 aliphatic rings. The van der Waals surface area contributed by atoms with E-state index in [1.165, 1.54) is 5.69 Å². The molecule has 0 aliphatic carbocycles. The second-order valence-corrected chi connectivity index (χ2v) is 4.36. The van der Waals surface area contributed by atoms with Crippen molar-refractivity contribution >= 4 is 11.7 Å². The topological polar surface area (TPSA) is 53.4 Å². The van der Waals surface area contributed by atoms with Crippen molar-refractivity contribution in [2.24, 2.45) is 5.92 Å². The fourth-order valence-electron chi connectivity index (χ4n) is 2.29. The molecule has 1 aliphatic heterocycles. The predicted molar refractivity (Wildman–Crippen MR) is 61.5 cm³/mol. The monoisotopic (exact) mass is 220 g/mol. The van der Waals surface area contributed by atoms with Crippen molar-refractivity contribution in [2.75, 3.05) is 18.0 Å². The van der Waals surface area contributed by atoms with Gasteiger partial charge in [0.1, 0.15) is 0 Å². The number of carbonyl (C=O) groups is 1. The van der Waals surface area contributed by atoms with E-state index in [-0.39, 0.29) is 12.3 Å². The summed E-state index contributed by atoms with van der Waals surface area (Å²) >= 11 is 0. The molecule has 0 aromatic carbocycles. The second-order valence-electron chi connectivity index (χ2n) is 4.36. The minimum Gasteiger partial charge on any atom is -0.481 e. The van der Waals surface area contributed by atoms with Crippen LogP contribution in [0.15, 0.2) is 18.5 Å². The van der Waals surface area contributed by atoms with Gasteiger partial charge in [-0.2, -0.15) is 0 Å². The lowest BCUT2D eigenvalue weighted by Gasteiger charge is -2.20. The number of nitrogens with zero attached hydrogens (tertiary/aromatic N) is 2. The lowest BCUT2D eigenvalue weighted by molar-refractivity contribution is -0.137. The highest BCUT2D eigenvalue weighted by atomic mass is 16.4. The van der Waals surface area contributed by atoms with Crippen molar-refractivity contribution in [3.63, 3.8) is 0 Å². The van der Waals surface area contributed by atoms with Crippen molar-refractivity contribution in [1.29, 1.82) is 0 Å². The summed E-state index contributed by atoms with van der Waals surface area (Å²) in [5.41, 5.74) is 2.33. The van der Waals surface area contributed by atoms with Crippen molar-refractivity contribution < 1.29 is 9.90 Å². The van der Waals surface area contributed by atoms with Crippen LogP contribution in [0.1, 0.15) is 18.4 Å². The molecule has 4 nitrogen and oxygen atoms in total. The van der Waals surface area contributed by atoms with Gasteiger partial charge in [0.15, 0.2) is 0 Å². The molecule has 1 saturated heterocycles. The Labute approximate surface area is 94.9 Å². The summed E-state index contributed by atoms with van der Waals surface area (Å²) in [6.45, 7) is 3.83. The molecule has 16 heavy (non-hydrogen) atoms. The fourth-order valence-corrected chi connectivity index (χ4v) is 2.29. The minimum atomic E-state index is -0.696. The standard InChI is InChI=1S/C12H16N2O2/c1-9-7-13-4-2-11(9)14-5-3-10(8-14)6-12(15)16/h2,4,7,10H,3,5-6,8H2,1H3,(H,15,16). The van der Waals surface area contributed by atoms with Crippen LogP contribution in [0.3, 0.4) is 0 Å². The maximum atomic E-state index is 10.6. The Bertz CT molecular complexity index is 392. The highest BCUT2D eigenvalue weighted by molar-refractivity contribution is 5.67. The van der Waals surface area contributed by atoms with E-state index in [0.29, 0.717) is 0 Å². The van der Waals surface area contributed by atoms with Gasteiger partial charge in [0.05, 0.1) is 0 Å². The third-order valence-electron chi connectivity index (χ3n) is 3.08. The number of anilines is 1. The van der Waals surface area contributed by atoms with Crippen molar-refractivity contribution in [2.45, 2.75) is 19.8 Å². The van der Waals surface area contributed by atoms with Gasteiger partial charge in [-0.25, -0.2) is 0 Å². The third-order valence-corrected chi connectivity index (χ3v) is 3.08. The summed E-state index contributed by atoms with van der Waals surface area (Å²) in [6, 6.07) is 2.00. The van der Waals surface area contributed by atoms with Crippen molar-refractivity contribution in [3.05, 3.63) is 24.0 Å². The molecule has 2 rings (SSSR count). The first-order valence-corrected chi connectivity index (χ1v) is 5.54. The molecular formula is C12H16N2O2. The van der Waals surface area contributed by atoms with Crippen molar-refractivity contribution in [1.82, 2.24) is 4.98 Å². The van der Waals surface area contributed by atoms with Gasteiger partial charge in [-0.3, -0.25) is 9.78 Å². The Hall–Kier alpha value is -1.58. The average molecular weight is 220 g/mol. The zero-order chi connectivity index (χ0) is 11.5. The summed E-state index contributed by atoms with van der Waals surface area (Å²) < 4.78 is 0. The molecule has 0 radical (unpaired) electrons. The lowest BCUT2D eigenvalue weighted by atomic mass is 10.1. The molecule has 1 N–H and O–H groups in total. The smallest absolute Gasteiger partial charge is 0.303 e. The van der Waals surface area contributed by atoms with Gasteiger partial charge in [0.2, 0.25) is 0 Å². The molecule has 86 valence electrons. The van der Waals surface area contributed by atoms with Gasteiger partial charge >= 0.3 is 5.97 Å². The summed E-state index contributed by atoms with van der Waals surface area (Å²) in [7, 11) is 0. The SMILES string of the molecule is Cc1cnccc1N1CCC(CC(=O)O)C1. The minimum absolute atomic E-state index is 0.278. The summed E-state index contributed by atoms with van der Waals surface area (Å²) in [5.74, 6) is -0.414. The number of hydrogen-bond donors (Lipinski definition) is 1. The van der Waals surface area contributed by atoms with Crippen LogP contribution in [0.25, 0.3) is 0 Å². The maximum Gasteiger partial charge on any atom is 0.303 e. The number of pyridine rings is 1. The Morgan fingerprint density at radius 1 is 1.69 bits per heavy atom. The van der Waals surface area contributed by atoms with Gasteiger partial charge in [-0.05, 0) is 30.9 Å². The molecule has 2 heterocycles. The van der Waals surface area contributed by atoms with Crippen LogP contribution in [0.2, 0.25) is 0 Å². The van der Waals surface area contributed by atoms with Gasteiger partial charge in [0.25, 0.3) is 0 Å². The number of rotatable bonds is 3. The molecule has 1 aromatic heterocycles. The number of aromatic nitrogens is 1. The van der Waals surface area contributed by atoms with Crippen LogP contribution in [0.5, 0.6) is 0 Å². The highest BCUT2D eigenvalue weighted by Gasteiger charge is 2.25. The fraction of sp³-hybridized carbons (Fsp3) is 0.500. The Balaban J connectivity index is 2.04. The summed E-state index contributed by atoms with van der Waals surface area (Å²) in [4.78, 5) is 17.0. The quantitative estimate of drug-likeness (QED) is 0.842. The highest BCUT2D eigenvalue weighted by Crippen LogP contribution is 2.27. The second kappa shape index (κ2) is 4.51. The van der Waals surface area contributed by atoms with E-state index in [4.69, 9.17) is 5.11 Å².